The van der Waals surface area contributed by atoms with Gasteiger partial charge >= 0.3 is 11.9 Å². The molecule has 0 bridgehead atoms. The van der Waals surface area contributed by atoms with Gasteiger partial charge in [-0.05, 0) is 18.6 Å². The number of aryl methyl sites for hydroxylation is 1. The number of rotatable bonds is 3. The van der Waals surface area contributed by atoms with E-state index in [0.29, 0.717) is 27.4 Å². The Morgan fingerprint density at radius 2 is 1.63 bits per heavy atom. The Bertz CT molecular complexity index is 943. The number of phenols is 1. The number of esters is 2. The molecule has 0 aliphatic carbocycles. The molecule has 2 aromatic carbocycles. The second kappa shape index (κ2) is 6.96. The van der Waals surface area contributed by atoms with E-state index in [2.05, 4.69) is 5.32 Å². The third-order valence-corrected chi connectivity index (χ3v) is 4.33. The number of hydrogen-bond donors (Lipinski definition) is 2. The van der Waals surface area contributed by atoms with E-state index in [0.717, 1.165) is 0 Å². The quantitative estimate of drug-likeness (QED) is 0.467. The number of carbonyl (C=O) groups is 2. The van der Waals surface area contributed by atoms with Gasteiger partial charge in [-0.15, -0.1) is 0 Å². The fraction of sp³-hybridized carbons (Fsp3) is 0.200. The standard InChI is InChI=1S/C20H18ClNO5/c1-11-6-4-8-13(17(11)23)12-7-5-9-15(21)16(12)22-10-14-18(24)26-20(2,3)27-19(14)25/h4-10,22-23H,1-3H3. The summed E-state index contributed by atoms with van der Waals surface area (Å²) in [4.78, 5) is 24.2. The molecule has 0 spiro atoms. The molecule has 0 unspecified atom stereocenters. The highest BCUT2D eigenvalue weighted by Gasteiger charge is 2.39. The van der Waals surface area contributed by atoms with Crippen molar-refractivity contribution in [3.8, 4) is 16.9 Å². The number of cyclic esters (lactones) is 2. The van der Waals surface area contributed by atoms with Crippen molar-refractivity contribution < 1.29 is 24.2 Å². The lowest BCUT2D eigenvalue weighted by molar-refractivity contribution is -0.222. The van der Waals surface area contributed by atoms with Crippen molar-refractivity contribution >= 4 is 29.2 Å². The minimum atomic E-state index is -1.31. The normalized spacial score (nSPS) is 15.8. The first-order valence-corrected chi connectivity index (χ1v) is 8.58. The minimum absolute atomic E-state index is 0.119. The van der Waals surface area contributed by atoms with Crippen LogP contribution in [0.2, 0.25) is 5.02 Å². The summed E-state index contributed by atoms with van der Waals surface area (Å²) in [6.45, 7) is 4.73. The zero-order valence-corrected chi connectivity index (χ0v) is 15.8. The molecule has 1 fully saturated rings. The lowest BCUT2D eigenvalue weighted by Crippen LogP contribution is -2.42. The molecule has 1 saturated heterocycles. The Labute approximate surface area is 161 Å². The fourth-order valence-corrected chi connectivity index (χ4v) is 2.92. The fourth-order valence-electron chi connectivity index (χ4n) is 2.69. The van der Waals surface area contributed by atoms with Crippen molar-refractivity contribution in [3.63, 3.8) is 0 Å². The lowest BCUT2D eigenvalue weighted by atomic mass is 10.00. The number of halogens is 1. The molecule has 2 aromatic rings. The van der Waals surface area contributed by atoms with Gasteiger partial charge in [0.2, 0.25) is 0 Å². The van der Waals surface area contributed by atoms with Gasteiger partial charge in [-0.2, -0.15) is 0 Å². The molecule has 1 heterocycles. The van der Waals surface area contributed by atoms with Crippen LogP contribution in [0.5, 0.6) is 5.75 Å². The molecule has 27 heavy (non-hydrogen) atoms. The second-order valence-corrected chi connectivity index (χ2v) is 6.92. The molecule has 0 aromatic heterocycles. The van der Waals surface area contributed by atoms with Crippen molar-refractivity contribution in [1.29, 1.82) is 0 Å². The van der Waals surface area contributed by atoms with E-state index in [1.165, 1.54) is 20.0 Å². The first-order chi connectivity index (χ1) is 12.7. The molecule has 0 saturated carbocycles. The van der Waals surface area contributed by atoms with Gasteiger partial charge in [-0.3, -0.25) is 0 Å². The zero-order chi connectivity index (χ0) is 19.8. The van der Waals surface area contributed by atoms with Crippen molar-refractivity contribution in [2.45, 2.75) is 26.6 Å². The molecule has 6 nitrogen and oxygen atoms in total. The number of anilines is 1. The predicted octanol–water partition coefficient (Wildman–Crippen LogP) is 4.15. The van der Waals surface area contributed by atoms with E-state index in [-0.39, 0.29) is 11.3 Å². The predicted molar refractivity (Wildman–Crippen MR) is 101 cm³/mol. The minimum Gasteiger partial charge on any atom is -0.507 e. The van der Waals surface area contributed by atoms with Crippen molar-refractivity contribution in [1.82, 2.24) is 0 Å². The van der Waals surface area contributed by atoms with Crippen LogP contribution in [0.1, 0.15) is 19.4 Å². The number of aromatic hydroxyl groups is 1. The van der Waals surface area contributed by atoms with E-state index in [4.69, 9.17) is 21.1 Å². The van der Waals surface area contributed by atoms with Gasteiger partial charge in [0.15, 0.2) is 5.57 Å². The van der Waals surface area contributed by atoms with Crippen LogP contribution in [0.15, 0.2) is 48.2 Å². The highest BCUT2D eigenvalue weighted by Crippen LogP contribution is 2.39. The van der Waals surface area contributed by atoms with Gasteiger partial charge in [0.05, 0.1) is 10.7 Å². The topological polar surface area (TPSA) is 84.9 Å². The number of carbonyl (C=O) groups excluding carboxylic acids is 2. The molecule has 7 heteroatoms. The monoisotopic (exact) mass is 387 g/mol. The number of nitrogens with one attached hydrogen (secondary N) is 1. The third kappa shape index (κ3) is 3.75. The Balaban J connectivity index is 2.00. The van der Waals surface area contributed by atoms with Gasteiger partial charge in [0, 0.05) is 31.2 Å². The largest absolute Gasteiger partial charge is 0.507 e. The summed E-state index contributed by atoms with van der Waals surface area (Å²) in [7, 11) is 0. The van der Waals surface area contributed by atoms with Crippen molar-refractivity contribution in [3.05, 3.63) is 58.8 Å². The average molecular weight is 388 g/mol. The van der Waals surface area contributed by atoms with Crippen molar-refractivity contribution in [2.75, 3.05) is 5.32 Å². The van der Waals surface area contributed by atoms with Crippen molar-refractivity contribution in [2.24, 2.45) is 0 Å². The Kier molecular flexibility index (Phi) is 4.85. The van der Waals surface area contributed by atoms with Crippen LogP contribution in [0.25, 0.3) is 11.1 Å². The first kappa shape index (κ1) is 18.8. The van der Waals surface area contributed by atoms with Crippen LogP contribution < -0.4 is 5.32 Å². The van der Waals surface area contributed by atoms with E-state index in [1.54, 1.807) is 37.3 Å². The molecule has 0 amide bonds. The Morgan fingerprint density at radius 3 is 2.30 bits per heavy atom. The summed E-state index contributed by atoms with van der Waals surface area (Å²) in [5.41, 5.74) is 2.02. The molecular formula is C20H18ClNO5. The SMILES string of the molecule is Cc1cccc(-c2cccc(Cl)c2NC=C2C(=O)OC(C)(C)OC2=O)c1O. The van der Waals surface area contributed by atoms with Crippen LogP contribution in [-0.4, -0.2) is 22.8 Å². The highest BCUT2D eigenvalue weighted by atomic mass is 35.5. The molecule has 1 aliphatic rings. The zero-order valence-electron chi connectivity index (χ0n) is 15.0. The smallest absolute Gasteiger partial charge is 0.350 e. The molecule has 1 aliphatic heterocycles. The summed E-state index contributed by atoms with van der Waals surface area (Å²) < 4.78 is 10.1. The summed E-state index contributed by atoms with van der Waals surface area (Å²) in [6, 6.07) is 10.5. The van der Waals surface area contributed by atoms with Crippen LogP contribution in [0.4, 0.5) is 5.69 Å². The first-order valence-electron chi connectivity index (χ1n) is 8.20. The maximum Gasteiger partial charge on any atom is 0.350 e. The van der Waals surface area contributed by atoms with Crippen LogP contribution in [0.3, 0.4) is 0 Å². The van der Waals surface area contributed by atoms with Crippen LogP contribution in [0, 0.1) is 6.92 Å². The number of ether oxygens (including phenoxy) is 2. The van der Waals surface area contributed by atoms with Gasteiger partial charge in [-0.25, -0.2) is 9.59 Å². The average Bonchev–Trinajstić information content (AvgIpc) is 2.57. The summed E-state index contributed by atoms with van der Waals surface area (Å²) in [5, 5.41) is 13.6. The summed E-state index contributed by atoms with van der Waals surface area (Å²) in [5.74, 6) is -2.78. The molecule has 140 valence electrons. The number of para-hydroxylation sites is 2. The van der Waals surface area contributed by atoms with E-state index in [9.17, 15) is 14.7 Å². The van der Waals surface area contributed by atoms with Gasteiger partial charge in [-0.1, -0.05) is 41.9 Å². The maximum absolute atomic E-state index is 12.1. The number of hydrogen-bond acceptors (Lipinski definition) is 6. The number of benzene rings is 2. The Hall–Kier alpha value is -2.99. The second-order valence-electron chi connectivity index (χ2n) is 6.51. The van der Waals surface area contributed by atoms with E-state index >= 15 is 0 Å². The van der Waals surface area contributed by atoms with Gasteiger partial charge in [0.25, 0.3) is 5.79 Å². The van der Waals surface area contributed by atoms with Crippen LogP contribution >= 0.6 is 11.6 Å². The van der Waals surface area contributed by atoms with E-state index < -0.39 is 17.7 Å². The molecule has 2 N–H and O–H groups in total. The lowest BCUT2D eigenvalue weighted by Gasteiger charge is -2.29. The van der Waals surface area contributed by atoms with Crippen LogP contribution in [-0.2, 0) is 19.1 Å². The maximum atomic E-state index is 12.1. The summed E-state index contributed by atoms with van der Waals surface area (Å²) >= 11 is 6.30. The third-order valence-electron chi connectivity index (χ3n) is 4.02. The molecular weight excluding hydrogens is 370 g/mol. The van der Waals surface area contributed by atoms with Gasteiger partial charge in [0.1, 0.15) is 5.75 Å². The molecule has 0 radical (unpaired) electrons. The Morgan fingerprint density at radius 1 is 1.04 bits per heavy atom. The molecule has 0 atom stereocenters. The van der Waals surface area contributed by atoms with E-state index in [1.807, 2.05) is 6.07 Å². The summed E-state index contributed by atoms with van der Waals surface area (Å²) in [6.07, 6.45) is 1.19. The number of phenolic OH excluding ortho intramolecular Hbond substituents is 1. The highest BCUT2D eigenvalue weighted by molar-refractivity contribution is 6.34. The van der Waals surface area contributed by atoms with Gasteiger partial charge < -0.3 is 19.9 Å². The molecule has 3 rings (SSSR count).